The summed E-state index contributed by atoms with van der Waals surface area (Å²) in [5.41, 5.74) is 7.57. The Morgan fingerprint density at radius 3 is 2.64 bits per heavy atom. The summed E-state index contributed by atoms with van der Waals surface area (Å²) in [7, 11) is 3.39. The summed E-state index contributed by atoms with van der Waals surface area (Å²) in [5, 5.41) is 3.63. The summed E-state index contributed by atoms with van der Waals surface area (Å²) in [6, 6.07) is 6.90. The molecule has 1 aromatic carbocycles. The van der Waals surface area contributed by atoms with E-state index in [-0.39, 0.29) is 0 Å². The van der Waals surface area contributed by atoms with Crippen molar-refractivity contribution < 1.29 is 18.0 Å². The van der Waals surface area contributed by atoms with Crippen LogP contribution in [-0.2, 0) is 6.18 Å². The second kappa shape index (κ2) is 7.20. The number of primary amides is 1. The molecule has 0 spiro atoms. The molecule has 0 saturated heterocycles. The fourth-order valence-electron chi connectivity index (χ4n) is 2.14. The van der Waals surface area contributed by atoms with Gasteiger partial charge >= 0.3 is 12.2 Å². The molecule has 1 aromatic heterocycles. The van der Waals surface area contributed by atoms with Gasteiger partial charge in [-0.05, 0) is 23.3 Å². The van der Waals surface area contributed by atoms with Crippen molar-refractivity contribution in [1.82, 2.24) is 10.4 Å². The van der Waals surface area contributed by atoms with Crippen molar-refractivity contribution in [2.75, 3.05) is 19.0 Å². The summed E-state index contributed by atoms with van der Waals surface area (Å²) in [5.74, 6) is 0.400. The zero-order valence-corrected chi connectivity index (χ0v) is 13.5. The molecule has 0 atom stereocenters. The van der Waals surface area contributed by atoms with E-state index in [0.29, 0.717) is 22.5 Å². The molecule has 2 aromatic rings. The molecule has 6 nitrogen and oxygen atoms in total. The van der Waals surface area contributed by atoms with Crippen LogP contribution in [0.15, 0.2) is 41.6 Å². The molecule has 0 radical (unpaired) electrons. The van der Waals surface area contributed by atoms with Crippen molar-refractivity contribution in [3.8, 4) is 11.1 Å². The molecule has 2 amide bonds. The lowest BCUT2D eigenvalue weighted by molar-refractivity contribution is -0.137. The van der Waals surface area contributed by atoms with Gasteiger partial charge in [0.2, 0.25) is 0 Å². The van der Waals surface area contributed by atoms with E-state index >= 15 is 0 Å². The van der Waals surface area contributed by atoms with E-state index in [0.717, 1.165) is 12.3 Å². The van der Waals surface area contributed by atoms with Crippen LogP contribution in [-0.4, -0.2) is 31.3 Å². The topological polar surface area (TPSA) is 83.6 Å². The largest absolute Gasteiger partial charge is 0.417 e. The summed E-state index contributed by atoms with van der Waals surface area (Å²) in [4.78, 5) is 16.2. The lowest BCUT2D eigenvalue weighted by atomic mass is 10.0. The Morgan fingerprint density at radius 2 is 2.04 bits per heavy atom. The molecule has 0 bridgehead atoms. The molecule has 25 heavy (non-hydrogen) atoms. The van der Waals surface area contributed by atoms with E-state index in [1.54, 1.807) is 43.3 Å². The van der Waals surface area contributed by atoms with E-state index in [1.807, 2.05) is 0 Å². The number of nitrogens with one attached hydrogen (secondary N) is 1. The van der Waals surface area contributed by atoms with Crippen LogP contribution < -0.4 is 16.1 Å². The van der Waals surface area contributed by atoms with Crippen LogP contribution in [0.25, 0.3) is 11.1 Å². The van der Waals surface area contributed by atoms with Gasteiger partial charge in [0.15, 0.2) is 0 Å². The van der Waals surface area contributed by atoms with Crippen LogP contribution in [0, 0.1) is 0 Å². The number of amides is 2. The minimum atomic E-state index is -4.49. The third-order valence-corrected chi connectivity index (χ3v) is 3.20. The van der Waals surface area contributed by atoms with Gasteiger partial charge in [-0.2, -0.15) is 18.3 Å². The number of pyridine rings is 1. The van der Waals surface area contributed by atoms with E-state index in [1.165, 1.54) is 6.21 Å². The van der Waals surface area contributed by atoms with E-state index in [4.69, 9.17) is 5.73 Å². The van der Waals surface area contributed by atoms with E-state index in [9.17, 15) is 18.0 Å². The summed E-state index contributed by atoms with van der Waals surface area (Å²) < 4.78 is 39.0. The number of rotatable bonds is 4. The minimum absolute atomic E-state index is 0.331. The van der Waals surface area contributed by atoms with Crippen molar-refractivity contribution in [2.45, 2.75) is 6.18 Å². The quantitative estimate of drug-likeness (QED) is 0.656. The first-order valence-corrected chi connectivity index (χ1v) is 7.12. The average Bonchev–Trinajstić information content (AvgIpc) is 2.53. The first-order valence-electron chi connectivity index (χ1n) is 7.12. The van der Waals surface area contributed by atoms with Gasteiger partial charge in [0, 0.05) is 25.9 Å². The van der Waals surface area contributed by atoms with Gasteiger partial charge in [0.1, 0.15) is 5.82 Å². The minimum Gasteiger partial charge on any atom is -0.362 e. The number of nitrogens with zero attached hydrogens (tertiary/aromatic N) is 3. The third kappa shape index (κ3) is 4.69. The molecule has 0 aliphatic carbocycles. The number of carbonyl (C=O) groups excluding carboxylic acids is 1. The molecule has 0 saturated carbocycles. The van der Waals surface area contributed by atoms with Gasteiger partial charge in [-0.1, -0.05) is 18.2 Å². The van der Waals surface area contributed by atoms with Crippen LogP contribution in [0.4, 0.5) is 23.8 Å². The standard InChI is InChI=1S/C16H16F3N5O/c1-24(2)14-13(7-12(9-21-14)16(17,18)19)11-5-3-4-10(6-11)8-22-23-15(20)25/h3-9H,1-2H3,(H3,20,23,25). The van der Waals surface area contributed by atoms with Crippen molar-refractivity contribution in [2.24, 2.45) is 10.8 Å². The number of nitrogens with two attached hydrogens (primary N) is 1. The Morgan fingerprint density at radius 1 is 1.32 bits per heavy atom. The molecule has 3 N–H and O–H groups in total. The molecule has 9 heteroatoms. The van der Waals surface area contributed by atoms with Crippen LogP contribution in [0.3, 0.4) is 0 Å². The number of urea groups is 1. The Balaban J connectivity index is 2.49. The maximum absolute atomic E-state index is 13.0. The van der Waals surface area contributed by atoms with Gasteiger partial charge < -0.3 is 10.6 Å². The fourth-order valence-corrected chi connectivity index (χ4v) is 2.14. The number of carbonyl (C=O) groups is 1. The van der Waals surface area contributed by atoms with Gasteiger partial charge in [-0.25, -0.2) is 15.2 Å². The maximum Gasteiger partial charge on any atom is 0.417 e. The smallest absolute Gasteiger partial charge is 0.362 e. The number of hydrazone groups is 1. The number of halogens is 3. The summed E-state index contributed by atoms with van der Waals surface area (Å²) >= 11 is 0. The molecule has 132 valence electrons. The average molecular weight is 351 g/mol. The third-order valence-electron chi connectivity index (χ3n) is 3.20. The van der Waals surface area contributed by atoms with Gasteiger partial charge in [0.05, 0.1) is 11.8 Å². The van der Waals surface area contributed by atoms with Crippen molar-refractivity contribution >= 4 is 18.1 Å². The molecule has 0 aliphatic rings. The van der Waals surface area contributed by atoms with Crippen molar-refractivity contribution in [3.05, 3.63) is 47.7 Å². The lowest BCUT2D eigenvalue weighted by Gasteiger charge is -2.18. The summed E-state index contributed by atoms with van der Waals surface area (Å²) in [6.45, 7) is 0. The Kier molecular flexibility index (Phi) is 5.26. The lowest BCUT2D eigenvalue weighted by Crippen LogP contribution is -2.24. The second-order valence-corrected chi connectivity index (χ2v) is 5.35. The molecule has 0 unspecified atom stereocenters. The highest BCUT2D eigenvalue weighted by atomic mass is 19.4. The SMILES string of the molecule is CN(C)c1ncc(C(F)(F)F)cc1-c1cccc(C=NNC(N)=O)c1. The van der Waals surface area contributed by atoms with Crippen LogP contribution in [0.5, 0.6) is 0 Å². The molecular weight excluding hydrogens is 335 g/mol. The Labute approximate surface area is 142 Å². The number of hydrogen-bond donors (Lipinski definition) is 2. The number of alkyl halides is 3. The Hall–Kier alpha value is -3.10. The molecule has 1 heterocycles. The highest BCUT2D eigenvalue weighted by molar-refractivity contribution is 5.85. The zero-order valence-electron chi connectivity index (χ0n) is 13.5. The molecule has 2 rings (SSSR count). The Bertz CT molecular complexity index is 803. The number of anilines is 1. The zero-order chi connectivity index (χ0) is 18.6. The van der Waals surface area contributed by atoms with Crippen molar-refractivity contribution in [3.63, 3.8) is 0 Å². The number of benzene rings is 1. The maximum atomic E-state index is 13.0. The second-order valence-electron chi connectivity index (χ2n) is 5.35. The van der Waals surface area contributed by atoms with Gasteiger partial charge in [-0.3, -0.25) is 0 Å². The van der Waals surface area contributed by atoms with Crippen LogP contribution in [0.1, 0.15) is 11.1 Å². The molecule has 0 fully saturated rings. The first kappa shape index (κ1) is 18.2. The highest BCUT2D eigenvalue weighted by Crippen LogP contribution is 2.35. The molecule has 0 aliphatic heterocycles. The highest BCUT2D eigenvalue weighted by Gasteiger charge is 2.32. The van der Waals surface area contributed by atoms with Crippen LogP contribution in [0.2, 0.25) is 0 Å². The van der Waals surface area contributed by atoms with Crippen molar-refractivity contribution in [1.29, 1.82) is 0 Å². The first-order chi connectivity index (χ1) is 11.7. The predicted octanol–water partition coefficient (Wildman–Crippen LogP) is 2.84. The van der Waals surface area contributed by atoms with Gasteiger partial charge in [-0.15, -0.1) is 0 Å². The number of aromatic nitrogens is 1. The summed E-state index contributed by atoms with van der Waals surface area (Å²) in [6.07, 6.45) is -2.34. The predicted molar refractivity (Wildman–Crippen MR) is 89.3 cm³/mol. The normalized spacial score (nSPS) is 11.6. The van der Waals surface area contributed by atoms with E-state index < -0.39 is 17.8 Å². The van der Waals surface area contributed by atoms with E-state index in [2.05, 4.69) is 15.5 Å². The van der Waals surface area contributed by atoms with Gasteiger partial charge in [0.25, 0.3) is 0 Å². The monoisotopic (exact) mass is 351 g/mol. The fraction of sp³-hybridized carbons (Fsp3) is 0.188. The molecular formula is C16H16F3N5O. The number of hydrogen-bond acceptors (Lipinski definition) is 4. The van der Waals surface area contributed by atoms with Crippen LogP contribution >= 0.6 is 0 Å².